The van der Waals surface area contributed by atoms with E-state index in [1.54, 1.807) is 0 Å². The van der Waals surface area contributed by atoms with Gasteiger partial charge in [0.25, 0.3) is 0 Å². The molecule has 1 fully saturated rings. The van der Waals surface area contributed by atoms with Crippen molar-refractivity contribution in [1.29, 1.82) is 0 Å². The number of aryl methyl sites for hydroxylation is 2. The molecule has 1 heterocycles. The number of rotatable bonds is 1. The lowest BCUT2D eigenvalue weighted by molar-refractivity contribution is -0.117. The standard InChI is InChI=1S/C12H15NO/c1-9-5-6-11(10(2)8-9)13-7-3-4-12(13)14/h5-6,8H,3-4,7H2,1-2H3. The number of carbonyl (C=O) groups excluding carboxylic acids is 1. The molecule has 0 radical (unpaired) electrons. The lowest BCUT2D eigenvalue weighted by Crippen LogP contribution is -2.24. The Hall–Kier alpha value is -1.31. The van der Waals surface area contributed by atoms with E-state index in [0.717, 1.165) is 18.7 Å². The molecule has 1 saturated heterocycles. The molecule has 0 N–H and O–H groups in total. The SMILES string of the molecule is Cc1ccc(N2CCCC2=O)c(C)c1. The predicted molar refractivity (Wildman–Crippen MR) is 57.5 cm³/mol. The first-order chi connectivity index (χ1) is 6.68. The van der Waals surface area contributed by atoms with Crippen LogP contribution in [-0.4, -0.2) is 12.5 Å². The smallest absolute Gasteiger partial charge is 0.227 e. The number of benzene rings is 1. The van der Waals surface area contributed by atoms with Crippen LogP contribution in [0.4, 0.5) is 5.69 Å². The van der Waals surface area contributed by atoms with Crippen LogP contribution in [0.2, 0.25) is 0 Å². The molecule has 0 unspecified atom stereocenters. The molecule has 0 aromatic heterocycles. The second-order valence-corrected chi connectivity index (χ2v) is 3.94. The summed E-state index contributed by atoms with van der Waals surface area (Å²) in [6.07, 6.45) is 1.69. The number of nitrogens with zero attached hydrogens (tertiary/aromatic N) is 1. The second-order valence-electron chi connectivity index (χ2n) is 3.94. The van der Waals surface area contributed by atoms with Crippen LogP contribution in [0.3, 0.4) is 0 Å². The summed E-state index contributed by atoms with van der Waals surface area (Å²) < 4.78 is 0. The fourth-order valence-corrected chi connectivity index (χ4v) is 2.01. The zero-order valence-corrected chi connectivity index (χ0v) is 8.71. The van der Waals surface area contributed by atoms with Crippen LogP contribution in [0, 0.1) is 13.8 Å². The van der Waals surface area contributed by atoms with E-state index in [0.29, 0.717) is 6.42 Å². The van der Waals surface area contributed by atoms with Crippen LogP contribution in [0.1, 0.15) is 24.0 Å². The minimum atomic E-state index is 0.261. The van der Waals surface area contributed by atoms with Crippen LogP contribution in [-0.2, 0) is 4.79 Å². The van der Waals surface area contributed by atoms with E-state index in [2.05, 4.69) is 26.0 Å². The van der Waals surface area contributed by atoms with E-state index < -0.39 is 0 Å². The van der Waals surface area contributed by atoms with Gasteiger partial charge in [-0.05, 0) is 31.9 Å². The van der Waals surface area contributed by atoms with E-state index >= 15 is 0 Å². The summed E-state index contributed by atoms with van der Waals surface area (Å²) in [4.78, 5) is 13.4. The Morgan fingerprint density at radius 1 is 1.29 bits per heavy atom. The van der Waals surface area contributed by atoms with Crippen molar-refractivity contribution in [2.75, 3.05) is 11.4 Å². The highest BCUT2D eigenvalue weighted by Crippen LogP contribution is 2.25. The number of anilines is 1. The van der Waals surface area contributed by atoms with Gasteiger partial charge in [0.2, 0.25) is 5.91 Å². The van der Waals surface area contributed by atoms with E-state index in [1.807, 2.05) is 11.0 Å². The maximum Gasteiger partial charge on any atom is 0.227 e. The summed E-state index contributed by atoms with van der Waals surface area (Å²) in [5, 5.41) is 0. The Morgan fingerprint density at radius 3 is 2.64 bits per heavy atom. The fraction of sp³-hybridized carbons (Fsp3) is 0.417. The van der Waals surface area contributed by atoms with Crippen molar-refractivity contribution in [3.63, 3.8) is 0 Å². The molecular formula is C12H15NO. The summed E-state index contributed by atoms with van der Waals surface area (Å²) in [6.45, 7) is 5.01. The molecule has 0 saturated carbocycles. The second kappa shape index (κ2) is 3.45. The molecule has 1 aromatic rings. The fourth-order valence-electron chi connectivity index (χ4n) is 2.01. The first-order valence-corrected chi connectivity index (χ1v) is 5.06. The van der Waals surface area contributed by atoms with Crippen molar-refractivity contribution in [3.05, 3.63) is 29.3 Å². The molecular weight excluding hydrogens is 174 g/mol. The Morgan fingerprint density at radius 2 is 2.07 bits per heavy atom. The summed E-state index contributed by atoms with van der Waals surface area (Å²) in [5.74, 6) is 0.261. The lowest BCUT2D eigenvalue weighted by atomic mass is 10.1. The molecule has 0 aliphatic carbocycles. The van der Waals surface area contributed by atoms with E-state index in [9.17, 15) is 4.79 Å². The van der Waals surface area contributed by atoms with Crippen LogP contribution < -0.4 is 4.90 Å². The first-order valence-electron chi connectivity index (χ1n) is 5.06. The third kappa shape index (κ3) is 1.52. The number of amides is 1. The molecule has 2 nitrogen and oxygen atoms in total. The predicted octanol–water partition coefficient (Wildman–Crippen LogP) is 2.43. The molecule has 0 atom stereocenters. The van der Waals surface area contributed by atoms with Gasteiger partial charge in [-0.15, -0.1) is 0 Å². The van der Waals surface area contributed by atoms with Crippen LogP contribution >= 0.6 is 0 Å². The Balaban J connectivity index is 2.36. The van der Waals surface area contributed by atoms with Crippen molar-refractivity contribution in [3.8, 4) is 0 Å². The first kappa shape index (κ1) is 9.25. The number of hydrogen-bond acceptors (Lipinski definition) is 1. The average molecular weight is 189 g/mol. The van der Waals surface area contributed by atoms with Gasteiger partial charge in [0, 0.05) is 18.7 Å². The van der Waals surface area contributed by atoms with Gasteiger partial charge in [-0.3, -0.25) is 4.79 Å². The zero-order valence-electron chi connectivity index (χ0n) is 8.71. The highest BCUT2D eigenvalue weighted by Gasteiger charge is 2.22. The minimum absolute atomic E-state index is 0.261. The van der Waals surface area contributed by atoms with Crippen LogP contribution in [0.15, 0.2) is 18.2 Å². The summed E-state index contributed by atoms with van der Waals surface area (Å²) in [7, 11) is 0. The Bertz CT molecular complexity index is 371. The van der Waals surface area contributed by atoms with E-state index in [1.165, 1.54) is 11.1 Å². The minimum Gasteiger partial charge on any atom is -0.312 e. The van der Waals surface area contributed by atoms with Crippen LogP contribution in [0.5, 0.6) is 0 Å². The topological polar surface area (TPSA) is 20.3 Å². The monoisotopic (exact) mass is 189 g/mol. The van der Waals surface area contributed by atoms with Crippen LogP contribution in [0.25, 0.3) is 0 Å². The normalized spacial score (nSPS) is 16.4. The van der Waals surface area contributed by atoms with E-state index in [4.69, 9.17) is 0 Å². The summed E-state index contributed by atoms with van der Waals surface area (Å²) in [6, 6.07) is 6.24. The van der Waals surface area contributed by atoms with Crippen molar-refractivity contribution < 1.29 is 4.79 Å². The molecule has 1 aliphatic rings. The van der Waals surface area contributed by atoms with Crippen molar-refractivity contribution in [2.24, 2.45) is 0 Å². The van der Waals surface area contributed by atoms with Crippen molar-refractivity contribution >= 4 is 11.6 Å². The molecule has 74 valence electrons. The molecule has 0 spiro atoms. The number of carbonyl (C=O) groups is 1. The highest BCUT2D eigenvalue weighted by molar-refractivity contribution is 5.96. The largest absolute Gasteiger partial charge is 0.312 e. The van der Waals surface area contributed by atoms with Crippen molar-refractivity contribution in [2.45, 2.75) is 26.7 Å². The number of hydrogen-bond donors (Lipinski definition) is 0. The third-order valence-corrected chi connectivity index (χ3v) is 2.72. The quantitative estimate of drug-likeness (QED) is 0.664. The van der Waals surface area contributed by atoms with Gasteiger partial charge in [-0.2, -0.15) is 0 Å². The van der Waals surface area contributed by atoms with Crippen molar-refractivity contribution in [1.82, 2.24) is 0 Å². The molecule has 2 rings (SSSR count). The maximum absolute atomic E-state index is 11.5. The van der Waals surface area contributed by atoms with Gasteiger partial charge in [-0.25, -0.2) is 0 Å². The molecule has 1 amide bonds. The summed E-state index contributed by atoms with van der Waals surface area (Å²) >= 11 is 0. The Labute approximate surface area is 84.5 Å². The maximum atomic E-state index is 11.5. The molecule has 2 heteroatoms. The summed E-state index contributed by atoms with van der Waals surface area (Å²) in [5.41, 5.74) is 3.52. The third-order valence-electron chi connectivity index (χ3n) is 2.72. The van der Waals surface area contributed by atoms with Gasteiger partial charge in [0.1, 0.15) is 0 Å². The molecule has 1 aliphatic heterocycles. The lowest BCUT2D eigenvalue weighted by Gasteiger charge is -2.18. The molecule has 1 aromatic carbocycles. The van der Waals surface area contributed by atoms with Gasteiger partial charge < -0.3 is 4.90 Å². The zero-order chi connectivity index (χ0) is 10.1. The average Bonchev–Trinajstić information content (AvgIpc) is 2.52. The van der Waals surface area contributed by atoms with Gasteiger partial charge >= 0.3 is 0 Å². The van der Waals surface area contributed by atoms with Gasteiger partial charge in [0.05, 0.1) is 0 Å². The Kier molecular flexibility index (Phi) is 2.28. The molecule has 14 heavy (non-hydrogen) atoms. The molecule has 0 bridgehead atoms. The van der Waals surface area contributed by atoms with Gasteiger partial charge in [0.15, 0.2) is 0 Å². The highest BCUT2D eigenvalue weighted by atomic mass is 16.2. The van der Waals surface area contributed by atoms with Gasteiger partial charge in [-0.1, -0.05) is 17.7 Å². The van der Waals surface area contributed by atoms with E-state index in [-0.39, 0.29) is 5.91 Å².